The van der Waals surface area contributed by atoms with Gasteiger partial charge in [-0.05, 0) is 56.0 Å². The summed E-state index contributed by atoms with van der Waals surface area (Å²) in [5, 5.41) is 0.148. The number of hydrogen-bond acceptors (Lipinski definition) is 4. The zero-order valence-electron chi connectivity index (χ0n) is 11.3. The van der Waals surface area contributed by atoms with Gasteiger partial charge in [0.25, 0.3) is 0 Å². The number of nitrogens with zero attached hydrogens (tertiary/aromatic N) is 2. The van der Waals surface area contributed by atoms with Crippen molar-refractivity contribution in [3.63, 3.8) is 0 Å². The van der Waals surface area contributed by atoms with Crippen molar-refractivity contribution < 1.29 is 14.3 Å². The van der Waals surface area contributed by atoms with E-state index < -0.39 is 5.97 Å². The fraction of sp³-hybridized carbons (Fsp3) is 0.643. The Balaban J connectivity index is 1.81. The van der Waals surface area contributed by atoms with Crippen LogP contribution < -0.4 is 0 Å². The molecule has 2 bridgehead atoms. The van der Waals surface area contributed by atoms with Crippen molar-refractivity contribution in [3.8, 4) is 0 Å². The summed E-state index contributed by atoms with van der Waals surface area (Å²) < 4.78 is 7.13. The summed E-state index contributed by atoms with van der Waals surface area (Å²) >= 11 is 5.94. The lowest BCUT2D eigenvalue weighted by Gasteiger charge is -2.22. The lowest BCUT2D eigenvalue weighted by Crippen LogP contribution is -2.26. The van der Waals surface area contributed by atoms with E-state index in [-0.39, 0.29) is 22.8 Å². The lowest BCUT2D eigenvalue weighted by atomic mass is 9.98. The first-order valence-electron chi connectivity index (χ1n) is 7.06. The number of halogens is 1. The number of carbonyl (C=O) groups is 2. The lowest BCUT2D eigenvalue weighted by molar-refractivity contribution is 0.0145. The number of fused-ring (bicyclic) bond motifs is 2. The second-order valence-corrected chi connectivity index (χ2v) is 5.93. The highest BCUT2D eigenvalue weighted by Gasteiger charge is 2.42. The van der Waals surface area contributed by atoms with E-state index in [1.54, 1.807) is 0 Å². The van der Waals surface area contributed by atoms with Gasteiger partial charge >= 0.3 is 5.97 Å². The molecule has 0 radical (unpaired) electrons. The SMILES string of the molecule is CCn1c(Cl)nc(C=O)c1C(=O)OC1CC2CCC1C2. The van der Waals surface area contributed by atoms with Gasteiger partial charge in [0.1, 0.15) is 11.8 Å². The first-order chi connectivity index (χ1) is 9.63. The predicted molar refractivity (Wildman–Crippen MR) is 73.0 cm³/mol. The van der Waals surface area contributed by atoms with Crippen LogP contribution in [0.1, 0.15) is 53.6 Å². The topological polar surface area (TPSA) is 61.2 Å². The number of ether oxygens (including phenoxy) is 1. The number of rotatable bonds is 4. The van der Waals surface area contributed by atoms with Gasteiger partial charge in [-0.15, -0.1) is 0 Å². The molecule has 0 aromatic carbocycles. The van der Waals surface area contributed by atoms with E-state index >= 15 is 0 Å². The van der Waals surface area contributed by atoms with E-state index in [2.05, 4.69) is 4.98 Å². The molecule has 1 aromatic heterocycles. The Morgan fingerprint density at radius 1 is 1.50 bits per heavy atom. The smallest absolute Gasteiger partial charge is 0.357 e. The molecule has 3 atom stereocenters. The highest BCUT2D eigenvalue weighted by molar-refractivity contribution is 6.29. The van der Waals surface area contributed by atoms with Crippen LogP contribution in [-0.2, 0) is 11.3 Å². The summed E-state index contributed by atoms with van der Waals surface area (Å²) in [6.45, 7) is 2.32. The third kappa shape index (κ3) is 2.14. The molecule has 3 rings (SSSR count). The Bertz CT molecular complexity index is 555. The van der Waals surface area contributed by atoms with Gasteiger partial charge < -0.3 is 9.30 Å². The van der Waals surface area contributed by atoms with Crippen LogP contribution >= 0.6 is 11.6 Å². The van der Waals surface area contributed by atoms with Crippen molar-refractivity contribution in [1.82, 2.24) is 9.55 Å². The number of imidazole rings is 1. The molecule has 0 amide bonds. The molecular weight excluding hydrogens is 280 g/mol. The van der Waals surface area contributed by atoms with Gasteiger partial charge in [0, 0.05) is 6.54 Å². The highest BCUT2D eigenvalue weighted by Crippen LogP contribution is 2.46. The van der Waals surface area contributed by atoms with Crippen molar-refractivity contribution in [3.05, 3.63) is 16.7 Å². The summed E-state index contributed by atoms with van der Waals surface area (Å²) in [4.78, 5) is 27.3. The Morgan fingerprint density at radius 2 is 2.30 bits per heavy atom. The maximum atomic E-state index is 12.3. The average molecular weight is 297 g/mol. The Kier molecular flexibility index (Phi) is 3.54. The summed E-state index contributed by atoms with van der Waals surface area (Å²) in [5.41, 5.74) is 0.236. The minimum atomic E-state index is -0.481. The summed E-state index contributed by atoms with van der Waals surface area (Å²) in [6.07, 6.45) is 5.02. The van der Waals surface area contributed by atoms with E-state index in [0.717, 1.165) is 19.3 Å². The molecule has 3 unspecified atom stereocenters. The third-order valence-corrected chi connectivity index (χ3v) is 4.79. The standard InChI is InChI=1S/C14H17ClN2O3/c1-2-17-12(10(7-18)16-14(17)15)13(19)20-11-6-8-3-4-9(11)5-8/h7-9,11H,2-6H2,1H3. The molecule has 2 aliphatic rings. The summed E-state index contributed by atoms with van der Waals surface area (Å²) in [7, 11) is 0. The molecule has 2 aliphatic carbocycles. The van der Waals surface area contributed by atoms with Gasteiger partial charge in [-0.3, -0.25) is 4.79 Å². The maximum absolute atomic E-state index is 12.3. The van der Waals surface area contributed by atoms with Crippen LogP contribution in [0.5, 0.6) is 0 Å². The number of aromatic nitrogens is 2. The van der Waals surface area contributed by atoms with Crippen LogP contribution in [0.25, 0.3) is 0 Å². The van der Waals surface area contributed by atoms with Crippen LogP contribution in [0, 0.1) is 11.8 Å². The first kappa shape index (κ1) is 13.6. The van der Waals surface area contributed by atoms with Crippen LogP contribution in [0.2, 0.25) is 5.28 Å². The summed E-state index contributed by atoms with van der Waals surface area (Å²) in [6, 6.07) is 0. The molecule has 20 heavy (non-hydrogen) atoms. The van der Waals surface area contributed by atoms with Crippen LogP contribution in [-0.4, -0.2) is 27.9 Å². The van der Waals surface area contributed by atoms with Gasteiger partial charge in [0.15, 0.2) is 12.0 Å². The van der Waals surface area contributed by atoms with Gasteiger partial charge in [0.05, 0.1) is 0 Å². The largest absolute Gasteiger partial charge is 0.457 e. The fourth-order valence-electron chi connectivity index (χ4n) is 3.55. The van der Waals surface area contributed by atoms with Crippen LogP contribution in [0.3, 0.4) is 0 Å². The van der Waals surface area contributed by atoms with Gasteiger partial charge in [-0.2, -0.15) is 0 Å². The summed E-state index contributed by atoms with van der Waals surface area (Å²) in [5.74, 6) is 0.700. The molecule has 2 fully saturated rings. The molecule has 108 valence electrons. The molecule has 0 spiro atoms. The van der Waals surface area contributed by atoms with Crippen molar-refractivity contribution in [2.24, 2.45) is 11.8 Å². The number of carbonyl (C=O) groups excluding carboxylic acids is 2. The molecule has 1 aromatic rings. The molecule has 1 heterocycles. The predicted octanol–water partition coefficient (Wildman–Crippen LogP) is 2.71. The zero-order chi connectivity index (χ0) is 14.3. The Labute approximate surface area is 122 Å². The monoisotopic (exact) mass is 296 g/mol. The number of hydrogen-bond donors (Lipinski definition) is 0. The highest BCUT2D eigenvalue weighted by atomic mass is 35.5. The van der Waals surface area contributed by atoms with Crippen LogP contribution in [0.15, 0.2) is 0 Å². The van der Waals surface area contributed by atoms with E-state index in [9.17, 15) is 9.59 Å². The zero-order valence-corrected chi connectivity index (χ0v) is 12.1. The Morgan fingerprint density at radius 3 is 2.85 bits per heavy atom. The van der Waals surface area contributed by atoms with Crippen LogP contribution in [0.4, 0.5) is 0 Å². The second kappa shape index (κ2) is 5.20. The minimum absolute atomic E-state index is 0.0141. The van der Waals surface area contributed by atoms with Crippen molar-refractivity contribution in [2.45, 2.75) is 45.3 Å². The molecule has 2 saturated carbocycles. The van der Waals surface area contributed by atoms with E-state index in [4.69, 9.17) is 16.3 Å². The molecular formula is C14H17ClN2O3. The Hall–Kier alpha value is -1.36. The van der Waals surface area contributed by atoms with Crippen molar-refractivity contribution in [2.75, 3.05) is 0 Å². The minimum Gasteiger partial charge on any atom is -0.457 e. The number of esters is 1. The molecule has 0 N–H and O–H groups in total. The molecule has 0 saturated heterocycles. The van der Waals surface area contributed by atoms with E-state index in [1.807, 2.05) is 6.92 Å². The van der Waals surface area contributed by atoms with E-state index in [0.29, 0.717) is 24.7 Å². The molecule has 5 nitrogen and oxygen atoms in total. The average Bonchev–Trinajstić information content (AvgIpc) is 3.11. The van der Waals surface area contributed by atoms with Crippen molar-refractivity contribution in [1.29, 1.82) is 0 Å². The molecule has 6 heteroatoms. The fourth-order valence-corrected chi connectivity index (χ4v) is 3.85. The van der Waals surface area contributed by atoms with Gasteiger partial charge in [0.2, 0.25) is 5.28 Å². The van der Waals surface area contributed by atoms with Gasteiger partial charge in [-0.1, -0.05) is 0 Å². The van der Waals surface area contributed by atoms with Gasteiger partial charge in [-0.25, -0.2) is 9.78 Å². The number of aldehydes is 1. The maximum Gasteiger partial charge on any atom is 0.357 e. The third-order valence-electron chi connectivity index (χ3n) is 4.50. The quantitative estimate of drug-likeness (QED) is 0.633. The normalized spacial score (nSPS) is 27.8. The molecule has 0 aliphatic heterocycles. The second-order valence-electron chi connectivity index (χ2n) is 5.60. The van der Waals surface area contributed by atoms with Crippen molar-refractivity contribution >= 4 is 23.9 Å². The first-order valence-corrected chi connectivity index (χ1v) is 7.44. The van der Waals surface area contributed by atoms with E-state index in [1.165, 1.54) is 11.0 Å².